The molecule has 340 valence electrons. The van der Waals surface area contributed by atoms with Crippen molar-refractivity contribution in [3.05, 3.63) is 302 Å². The van der Waals surface area contributed by atoms with Crippen LogP contribution in [-0.4, -0.2) is 4.57 Å². The van der Waals surface area contributed by atoms with Gasteiger partial charge < -0.3 is 9.47 Å². The van der Waals surface area contributed by atoms with Crippen LogP contribution < -0.4 is 4.90 Å². The van der Waals surface area contributed by atoms with E-state index in [9.17, 15) is 0 Å². The first-order chi connectivity index (χ1) is 35.7. The molecule has 0 saturated heterocycles. The molecule has 1 unspecified atom stereocenters. The molecule has 1 aliphatic carbocycles. The highest BCUT2D eigenvalue weighted by Crippen LogP contribution is 2.50. The lowest BCUT2D eigenvalue weighted by Crippen LogP contribution is -2.15. The van der Waals surface area contributed by atoms with Crippen molar-refractivity contribution in [1.29, 1.82) is 0 Å². The van der Waals surface area contributed by atoms with Gasteiger partial charge in [0.05, 0.1) is 11.2 Å². The summed E-state index contributed by atoms with van der Waals surface area (Å²) in [4.78, 5) is 2.43. The van der Waals surface area contributed by atoms with Crippen LogP contribution in [0.2, 0.25) is 0 Å². The fourth-order valence-corrected chi connectivity index (χ4v) is 11.1. The van der Waals surface area contributed by atoms with Gasteiger partial charge in [-0.1, -0.05) is 206 Å². The molecule has 0 fully saturated rings. The second-order valence-corrected chi connectivity index (χ2v) is 18.9. The summed E-state index contributed by atoms with van der Waals surface area (Å²) < 4.78 is 2.49. The van der Waals surface area contributed by atoms with Gasteiger partial charge in [0, 0.05) is 39.6 Å². The predicted octanol–water partition coefficient (Wildman–Crippen LogP) is 18.8. The van der Waals surface area contributed by atoms with Crippen molar-refractivity contribution in [1.82, 2.24) is 4.57 Å². The molecule has 1 aromatic heterocycles. The maximum atomic E-state index is 2.49. The minimum absolute atomic E-state index is 0.129. The lowest BCUT2D eigenvalue weighted by Gasteiger charge is -2.30. The Hall–Kier alpha value is -9.24. The van der Waals surface area contributed by atoms with Crippen LogP contribution in [0, 0.1) is 0 Å². The van der Waals surface area contributed by atoms with Gasteiger partial charge in [-0.15, -0.1) is 0 Å². The number of para-hydroxylation sites is 2. The van der Waals surface area contributed by atoms with Gasteiger partial charge in [0.2, 0.25) is 0 Å². The Labute approximate surface area is 422 Å². The van der Waals surface area contributed by atoms with E-state index < -0.39 is 0 Å². The van der Waals surface area contributed by atoms with Gasteiger partial charge in [0.1, 0.15) is 0 Å². The van der Waals surface area contributed by atoms with Gasteiger partial charge in [-0.3, -0.25) is 0 Å². The first kappa shape index (κ1) is 42.8. The number of fused-ring (bicyclic) bond motifs is 5. The van der Waals surface area contributed by atoms with E-state index in [-0.39, 0.29) is 5.92 Å². The van der Waals surface area contributed by atoms with Crippen LogP contribution in [0.3, 0.4) is 0 Å². The smallest absolute Gasteiger partial charge is 0.0582 e. The van der Waals surface area contributed by atoms with Crippen LogP contribution in [0.4, 0.5) is 17.1 Å². The zero-order chi connectivity index (χ0) is 47.8. The third kappa shape index (κ3) is 7.99. The number of nitrogens with zero attached hydrogens (tertiary/aromatic N) is 2. The molecule has 0 N–H and O–H groups in total. The molecule has 11 aromatic carbocycles. The minimum atomic E-state index is 0.129. The van der Waals surface area contributed by atoms with E-state index in [4.69, 9.17) is 0 Å². The normalized spacial score (nSPS) is 12.8. The average molecular weight is 919 g/mol. The molecule has 0 radical (unpaired) electrons. The average Bonchev–Trinajstić information content (AvgIpc) is 3.82. The Balaban J connectivity index is 0.937. The molecule has 1 atom stereocenters. The maximum Gasteiger partial charge on any atom is 0.0582 e. The van der Waals surface area contributed by atoms with E-state index in [2.05, 4.69) is 295 Å². The molecular weight excluding hydrogens is 869 g/mol. The quantitative estimate of drug-likeness (QED) is 0.133. The highest BCUT2D eigenvalue weighted by atomic mass is 15.1. The topological polar surface area (TPSA) is 8.17 Å². The van der Waals surface area contributed by atoms with Crippen molar-refractivity contribution in [2.75, 3.05) is 4.90 Å². The SMILES string of the molecule is c1ccc(-c2cccc(-c3ccc(N(c4ccc(-c5cc(-c6ccccc6)cc(-c6ccccc6)c5)cc4)c4cccc(C5Cc6ccccc6-c6c5c5ccccc5n6-c5ccccc5)c4)cc3)c2)cc1. The summed E-state index contributed by atoms with van der Waals surface area (Å²) in [7, 11) is 0. The summed E-state index contributed by atoms with van der Waals surface area (Å²) in [6.45, 7) is 0. The number of benzene rings is 11. The van der Waals surface area contributed by atoms with Crippen LogP contribution in [0.5, 0.6) is 0 Å². The Bertz CT molecular complexity index is 3800. The van der Waals surface area contributed by atoms with Gasteiger partial charge in [-0.05, 0) is 158 Å². The van der Waals surface area contributed by atoms with E-state index in [1.165, 1.54) is 100 Å². The number of aromatic nitrogens is 1. The van der Waals surface area contributed by atoms with Crippen LogP contribution in [0.1, 0.15) is 22.6 Å². The third-order valence-electron chi connectivity index (χ3n) is 14.5. The molecule has 0 aliphatic heterocycles. The van der Waals surface area contributed by atoms with Gasteiger partial charge in [0.25, 0.3) is 0 Å². The van der Waals surface area contributed by atoms with Crippen LogP contribution in [0.15, 0.2) is 285 Å². The lowest BCUT2D eigenvalue weighted by atomic mass is 9.77. The maximum absolute atomic E-state index is 2.49. The Morgan fingerprint density at radius 2 is 0.764 bits per heavy atom. The van der Waals surface area contributed by atoms with E-state index in [0.29, 0.717) is 0 Å². The predicted molar refractivity (Wildman–Crippen MR) is 303 cm³/mol. The van der Waals surface area contributed by atoms with E-state index in [1.807, 2.05) is 0 Å². The fraction of sp³-hybridized carbons (Fsp3) is 0.0286. The second kappa shape index (κ2) is 18.6. The Morgan fingerprint density at radius 1 is 0.319 bits per heavy atom. The molecule has 0 saturated carbocycles. The van der Waals surface area contributed by atoms with Gasteiger partial charge in [-0.2, -0.15) is 0 Å². The van der Waals surface area contributed by atoms with Gasteiger partial charge in [0.15, 0.2) is 0 Å². The van der Waals surface area contributed by atoms with E-state index in [1.54, 1.807) is 0 Å². The molecule has 0 amide bonds. The molecule has 2 heteroatoms. The molecule has 0 spiro atoms. The van der Waals surface area contributed by atoms with Gasteiger partial charge >= 0.3 is 0 Å². The Kier molecular flexibility index (Phi) is 11.1. The number of anilines is 3. The molecule has 1 aliphatic rings. The van der Waals surface area contributed by atoms with Crippen LogP contribution >= 0.6 is 0 Å². The van der Waals surface area contributed by atoms with Gasteiger partial charge in [-0.25, -0.2) is 0 Å². The summed E-state index contributed by atoms with van der Waals surface area (Å²) in [5, 5.41) is 1.30. The summed E-state index contributed by atoms with van der Waals surface area (Å²) in [5.74, 6) is 0.129. The van der Waals surface area contributed by atoms with Crippen molar-refractivity contribution in [2.24, 2.45) is 0 Å². The van der Waals surface area contributed by atoms with Crippen molar-refractivity contribution in [2.45, 2.75) is 12.3 Å². The van der Waals surface area contributed by atoms with Crippen LogP contribution in [-0.2, 0) is 6.42 Å². The van der Waals surface area contributed by atoms with Crippen molar-refractivity contribution in [3.63, 3.8) is 0 Å². The molecule has 2 nitrogen and oxygen atoms in total. The third-order valence-corrected chi connectivity index (χ3v) is 14.5. The molecule has 1 heterocycles. The van der Waals surface area contributed by atoms with Crippen molar-refractivity contribution < 1.29 is 0 Å². The monoisotopic (exact) mass is 918 g/mol. The summed E-state index contributed by atoms with van der Waals surface area (Å²) in [6, 6.07) is 104. The highest BCUT2D eigenvalue weighted by molar-refractivity contribution is 5.97. The number of rotatable bonds is 10. The first-order valence-electron chi connectivity index (χ1n) is 25.0. The highest BCUT2D eigenvalue weighted by Gasteiger charge is 2.33. The molecule has 13 rings (SSSR count). The first-order valence-corrected chi connectivity index (χ1v) is 25.0. The van der Waals surface area contributed by atoms with E-state index >= 15 is 0 Å². The van der Waals surface area contributed by atoms with Crippen molar-refractivity contribution in [3.8, 4) is 72.6 Å². The lowest BCUT2D eigenvalue weighted by molar-refractivity contribution is 0.795. The van der Waals surface area contributed by atoms with E-state index in [0.717, 1.165) is 23.5 Å². The number of hydrogen-bond donors (Lipinski definition) is 0. The zero-order valence-corrected chi connectivity index (χ0v) is 39.8. The van der Waals surface area contributed by atoms with Crippen LogP contribution in [0.25, 0.3) is 83.5 Å². The summed E-state index contributed by atoms with van der Waals surface area (Å²) in [6.07, 6.45) is 0.911. The minimum Gasteiger partial charge on any atom is -0.310 e. The molecule has 0 bridgehead atoms. The Morgan fingerprint density at radius 3 is 1.36 bits per heavy atom. The largest absolute Gasteiger partial charge is 0.310 e. The fourth-order valence-electron chi connectivity index (χ4n) is 11.1. The molecule has 72 heavy (non-hydrogen) atoms. The standard InChI is InChI=1S/C70H50N2/c1-5-19-49(20-6-1)54-26-17-27-55(43-54)52-35-39-62(40-36-52)71(63-41-37-53(38-42-63)60-45-58(50-21-7-2-8-22-50)44-59(46-60)51-23-9-3-10-24-51)64-31-18-28-56(47-64)67-48-57-25-13-14-32-65(57)70-69(67)66-33-15-16-34-68(66)72(70)61-29-11-4-12-30-61/h1-47,67H,48H2. The molecule has 12 aromatic rings. The second-order valence-electron chi connectivity index (χ2n) is 18.9. The number of hydrogen-bond acceptors (Lipinski definition) is 1. The van der Waals surface area contributed by atoms with Crippen molar-refractivity contribution >= 4 is 28.0 Å². The molecular formula is C70H50N2. The summed E-state index contributed by atoms with van der Waals surface area (Å²) in [5.41, 5.74) is 24.3. The summed E-state index contributed by atoms with van der Waals surface area (Å²) >= 11 is 0. The zero-order valence-electron chi connectivity index (χ0n) is 39.8.